The molecule has 0 unspecified atom stereocenters. The van der Waals surface area contributed by atoms with Gasteiger partial charge in [0.25, 0.3) is 0 Å². The number of carbonyl (C=O) groups is 1. The fraction of sp³-hybridized carbons (Fsp3) is 0.381. The molecule has 0 aliphatic rings. The van der Waals surface area contributed by atoms with Crippen LogP contribution in [0.5, 0.6) is 5.75 Å². The lowest BCUT2D eigenvalue weighted by Gasteiger charge is -2.30. The number of nitrogens with zero attached hydrogens (tertiary/aromatic N) is 1. The SMILES string of the molecule is CC[C@@H](C(=O)NCCSCc1ccccc1)N(c1ccc(OC)cc1)S(C)(=O)=O. The Morgan fingerprint density at radius 1 is 1.14 bits per heavy atom. The van der Waals surface area contributed by atoms with Gasteiger partial charge in [-0.1, -0.05) is 37.3 Å². The molecule has 6 nitrogen and oxygen atoms in total. The summed E-state index contributed by atoms with van der Waals surface area (Å²) in [6.45, 7) is 2.28. The van der Waals surface area contributed by atoms with E-state index in [4.69, 9.17) is 4.74 Å². The Morgan fingerprint density at radius 2 is 1.79 bits per heavy atom. The number of hydrogen-bond donors (Lipinski definition) is 1. The van der Waals surface area contributed by atoms with Crippen LogP contribution < -0.4 is 14.4 Å². The minimum absolute atomic E-state index is 0.297. The van der Waals surface area contributed by atoms with Crippen molar-refractivity contribution in [2.45, 2.75) is 25.1 Å². The van der Waals surface area contributed by atoms with Crippen LogP contribution in [-0.4, -0.2) is 46.0 Å². The van der Waals surface area contributed by atoms with Crippen molar-refractivity contribution < 1.29 is 17.9 Å². The zero-order valence-electron chi connectivity index (χ0n) is 17.0. The Morgan fingerprint density at radius 3 is 2.34 bits per heavy atom. The highest BCUT2D eigenvalue weighted by atomic mass is 32.2. The van der Waals surface area contributed by atoms with Gasteiger partial charge in [-0.05, 0) is 36.2 Å². The number of ether oxygens (including phenoxy) is 1. The maximum atomic E-state index is 12.7. The van der Waals surface area contributed by atoms with Gasteiger partial charge in [-0.3, -0.25) is 9.10 Å². The Balaban J connectivity index is 1.98. The summed E-state index contributed by atoms with van der Waals surface area (Å²) in [5.74, 6) is 1.94. The number of nitrogens with one attached hydrogen (secondary N) is 1. The smallest absolute Gasteiger partial charge is 0.243 e. The lowest BCUT2D eigenvalue weighted by atomic mass is 10.2. The second kappa shape index (κ2) is 11.1. The maximum Gasteiger partial charge on any atom is 0.243 e. The van der Waals surface area contributed by atoms with Crippen molar-refractivity contribution in [1.82, 2.24) is 5.32 Å². The summed E-state index contributed by atoms with van der Waals surface area (Å²) >= 11 is 1.72. The lowest BCUT2D eigenvalue weighted by molar-refractivity contribution is -0.122. The van der Waals surface area contributed by atoms with Crippen LogP contribution >= 0.6 is 11.8 Å². The summed E-state index contributed by atoms with van der Waals surface area (Å²) in [6.07, 6.45) is 1.48. The summed E-state index contributed by atoms with van der Waals surface area (Å²) in [7, 11) is -2.10. The Bertz CT molecular complexity index is 871. The van der Waals surface area contributed by atoms with Crippen molar-refractivity contribution in [2.75, 3.05) is 30.0 Å². The van der Waals surface area contributed by atoms with Gasteiger partial charge >= 0.3 is 0 Å². The molecule has 0 saturated heterocycles. The molecule has 0 spiro atoms. The molecule has 1 atom stereocenters. The van der Waals surface area contributed by atoms with Gasteiger partial charge in [0, 0.05) is 18.1 Å². The second-order valence-electron chi connectivity index (χ2n) is 6.51. The first-order chi connectivity index (χ1) is 13.9. The van der Waals surface area contributed by atoms with Crippen LogP contribution in [0.1, 0.15) is 18.9 Å². The number of methoxy groups -OCH3 is 1. The van der Waals surface area contributed by atoms with Gasteiger partial charge in [-0.25, -0.2) is 8.42 Å². The number of benzene rings is 2. The summed E-state index contributed by atoms with van der Waals surface area (Å²) < 4.78 is 31.2. The molecule has 0 heterocycles. The van der Waals surface area contributed by atoms with Gasteiger partial charge in [-0.2, -0.15) is 11.8 Å². The van der Waals surface area contributed by atoms with Gasteiger partial charge in [0.1, 0.15) is 11.8 Å². The number of anilines is 1. The standard InChI is InChI=1S/C21H28N2O4S2/c1-4-20(21(24)22-14-15-28-16-17-8-6-5-7-9-17)23(29(3,25)26)18-10-12-19(27-2)13-11-18/h5-13,20H,4,14-16H2,1-3H3,(H,22,24)/t20-/m0/s1. The quantitative estimate of drug-likeness (QED) is 0.547. The van der Waals surface area contributed by atoms with Crippen LogP contribution in [0.4, 0.5) is 5.69 Å². The number of sulfonamides is 1. The molecule has 0 bridgehead atoms. The van der Waals surface area contributed by atoms with Gasteiger partial charge < -0.3 is 10.1 Å². The summed E-state index contributed by atoms with van der Waals surface area (Å²) in [4.78, 5) is 12.7. The maximum absolute atomic E-state index is 12.7. The fourth-order valence-corrected chi connectivity index (χ4v) is 4.95. The molecule has 1 N–H and O–H groups in total. The molecular weight excluding hydrogens is 408 g/mol. The summed E-state index contributed by atoms with van der Waals surface area (Å²) in [5.41, 5.74) is 1.67. The first-order valence-corrected chi connectivity index (χ1v) is 12.4. The van der Waals surface area contributed by atoms with Gasteiger partial charge in [0.2, 0.25) is 15.9 Å². The molecule has 2 aromatic carbocycles. The molecule has 0 fully saturated rings. The van der Waals surface area contributed by atoms with E-state index in [-0.39, 0.29) is 5.91 Å². The second-order valence-corrected chi connectivity index (χ2v) is 9.47. The highest BCUT2D eigenvalue weighted by molar-refractivity contribution is 7.98. The Hall–Kier alpha value is -2.19. The van der Waals surface area contributed by atoms with Crippen LogP contribution in [0.25, 0.3) is 0 Å². The van der Waals surface area contributed by atoms with Crippen molar-refractivity contribution in [2.24, 2.45) is 0 Å². The van der Waals surface area contributed by atoms with Crippen molar-refractivity contribution >= 4 is 33.4 Å². The molecular formula is C21H28N2O4S2. The predicted molar refractivity (Wildman–Crippen MR) is 120 cm³/mol. The molecule has 0 saturated carbocycles. The predicted octanol–water partition coefficient (Wildman–Crippen LogP) is 3.29. The fourth-order valence-electron chi connectivity index (χ4n) is 2.92. The average molecular weight is 437 g/mol. The number of hydrogen-bond acceptors (Lipinski definition) is 5. The normalized spacial score (nSPS) is 12.2. The van der Waals surface area contributed by atoms with Gasteiger partial charge in [0.15, 0.2) is 0 Å². The van der Waals surface area contributed by atoms with E-state index in [1.165, 1.54) is 9.87 Å². The topological polar surface area (TPSA) is 75.7 Å². The highest BCUT2D eigenvalue weighted by Gasteiger charge is 2.31. The molecule has 158 valence electrons. The van der Waals surface area contributed by atoms with Crippen LogP contribution in [-0.2, 0) is 20.6 Å². The van der Waals surface area contributed by atoms with E-state index in [1.54, 1.807) is 50.1 Å². The zero-order chi connectivity index (χ0) is 21.3. The molecule has 0 radical (unpaired) electrons. The van der Waals surface area contributed by atoms with Gasteiger partial charge in [0.05, 0.1) is 19.1 Å². The third-order valence-corrected chi connectivity index (χ3v) is 6.52. The molecule has 0 aliphatic heterocycles. The molecule has 0 aromatic heterocycles. The third kappa shape index (κ3) is 6.97. The number of thioether (sulfide) groups is 1. The van der Waals surface area contributed by atoms with Crippen molar-refractivity contribution in [1.29, 1.82) is 0 Å². The van der Waals surface area contributed by atoms with Crippen molar-refractivity contribution in [3.05, 3.63) is 60.2 Å². The monoisotopic (exact) mass is 436 g/mol. The van der Waals surface area contributed by atoms with Crippen molar-refractivity contribution in [3.8, 4) is 5.75 Å². The molecule has 1 amide bonds. The summed E-state index contributed by atoms with van der Waals surface area (Å²) in [6, 6.07) is 16.0. The van der Waals surface area contributed by atoms with E-state index >= 15 is 0 Å². The van der Waals surface area contributed by atoms with E-state index in [0.717, 1.165) is 17.8 Å². The first-order valence-electron chi connectivity index (χ1n) is 9.39. The number of amides is 1. The van der Waals surface area contributed by atoms with Gasteiger partial charge in [-0.15, -0.1) is 0 Å². The first kappa shape index (κ1) is 23.1. The van der Waals surface area contributed by atoms with E-state index in [2.05, 4.69) is 17.4 Å². The van der Waals surface area contributed by atoms with E-state index < -0.39 is 16.1 Å². The molecule has 2 aromatic rings. The van der Waals surface area contributed by atoms with Crippen LogP contribution in [0.15, 0.2) is 54.6 Å². The lowest BCUT2D eigenvalue weighted by Crippen LogP contribution is -2.49. The third-order valence-electron chi connectivity index (χ3n) is 4.31. The van der Waals surface area contributed by atoms with Crippen molar-refractivity contribution in [3.63, 3.8) is 0 Å². The highest BCUT2D eigenvalue weighted by Crippen LogP contribution is 2.25. The van der Waals surface area contributed by atoms with E-state index in [9.17, 15) is 13.2 Å². The zero-order valence-corrected chi connectivity index (χ0v) is 18.6. The van der Waals surface area contributed by atoms with Crippen LogP contribution in [0, 0.1) is 0 Å². The molecule has 0 aliphatic carbocycles. The summed E-state index contributed by atoms with van der Waals surface area (Å²) in [5, 5.41) is 2.87. The molecule has 2 rings (SSSR count). The average Bonchev–Trinajstić information content (AvgIpc) is 2.71. The van der Waals surface area contributed by atoms with Crippen LogP contribution in [0.3, 0.4) is 0 Å². The minimum atomic E-state index is -3.64. The molecule has 8 heteroatoms. The Labute approximate surface area is 177 Å². The number of rotatable bonds is 11. The van der Waals surface area contributed by atoms with Crippen LogP contribution in [0.2, 0.25) is 0 Å². The minimum Gasteiger partial charge on any atom is -0.497 e. The Kier molecular flexibility index (Phi) is 8.85. The van der Waals surface area contributed by atoms with E-state index in [1.807, 2.05) is 18.2 Å². The molecule has 29 heavy (non-hydrogen) atoms. The van der Waals surface area contributed by atoms with E-state index in [0.29, 0.717) is 24.4 Å². The largest absolute Gasteiger partial charge is 0.497 e. The number of carbonyl (C=O) groups excluding carboxylic acids is 1.